The van der Waals surface area contributed by atoms with E-state index in [0.29, 0.717) is 47.3 Å². The SMILES string of the molecule is CC(C)c1c2ccccc2cc2ccccc12.CC(C)c1ccc(-c2ccccc2)cc1.CC(C)c1ccc(C(C)C)cc1.CC(C)c1ccc2ccc3cccc4ccc1c2c34.CC(C)c1cccc2ccccc12.CC(C)c1ccccc1.Cc1cc(C)cc(C(C)C)c1. The summed E-state index contributed by atoms with van der Waals surface area (Å²) in [5.74, 6) is 4.91. The molecule has 0 unspecified atom stereocenters. The van der Waals surface area contributed by atoms with Gasteiger partial charge in [-0.25, -0.2) is 0 Å². The van der Waals surface area contributed by atoms with E-state index in [9.17, 15) is 0 Å². The van der Waals surface area contributed by atoms with E-state index in [1.165, 1.54) is 131 Å². The third kappa shape index (κ3) is 19.5. The molecule has 0 aromatic heterocycles. The van der Waals surface area contributed by atoms with Gasteiger partial charge in [-0.05, 0) is 188 Å². The first-order chi connectivity index (χ1) is 46.1. The first-order valence-corrected chi connectivity index (χ1v) is 35.5. The van der Waals surface area contributed by atoms with Gasteiger partial charge >= 0.3 is 0 Å². The molecule has 14 aromatic carbocycles. The zero-order chi connectivity index (χ0) is 69.0. The molecule has 14 aromatic rings. The molecule has 0 heteroatoms. The van der Waals surface area contributed by atoms with Crippen molar-refractivity contribution in [2.24, 2.45) is 0 Å². The summed E-state index contributed by atoms with van der Waals surface area (Å²) in [5.41, 5.74) is 16.8. The minimum Gasteiger partial charge on any atom is -0.0622 e. The van der Waals surface area contributed by atoms with Crippen LogP contribution in [0.25, 0.3) is 75.8 Å². The van der Waals surface area contributed by atoms with Crippen molar-refractivity contribution in [3.63, 3.8) is 0 Å². The van der Waals surface area contributed by atoms with Crippen molar-refractivity contribution in [3.05, 3.63) is 335 Å². The molecule has 0 spiro atoms. The molecular weight excluding hydrogens is 1150 g/mol. The van der Waals surface area contributed by atoms with Crippen molar-refractivity contribution < 1.29 is 0 Å². The molecule has 0 saturated carbocycles. The summed E-state index contributed by atoms with van der Waals surface area (Å²) in [4.78, 5) is 0. The number of rotatable bonds is 9. The lowest BCUT2D eigenvalue weighted by Gasteiger charge is -2.15. The lowest BCUT2D eigenvalue weighted by molar-refractivity contribution is 0.845. The molecule has 0 aliphatic rings. The van der Waals surface area contributed by atoms with Crippen molar-refractivity contribution in [1.82, 2.24) is 0 Å². The molecule has 492 valence electrons. The Morgan fingerprint density at radius 2 is 0.531 bits per heavy atom. The number of hydrogen-bond donors (Lipinski definition) is 0. The fourth-order valence-electron chi connectivity index (χ4n) is 12.8. The normalized spacial score (nSPS) is 11.1. The van der Waals surface area contributed by atoms with Crippen LogP contribution in [0.5, 0.6) is 0 Å². The molecular formula is C96H108. The van der Waals surface area contributed by atoms with E-state index in [0.717, 1.165) is 0 Å². The number of aryl methyl sites for hydroxylation is 2. The van der Waals surface area contributed by atoms with Crippen LogP contribution >= 0.6 is 0 Å². The van der Waals surface area contributed by atoms with Gasteiger partial charge < -0.3 is 0 Å². The van der Waals surface area contributed by atoms with Gasteiger partial charge in [-0.3, -0.25) is 0 Å². The monoisotopic (exact) mass is 1260 g/mol. The quantitative estimate of drug-likeness (QED) is 0.0998. The van der Waals surface area contributed by atoms with Gasteiger partial charge in [0.25, 0.3) is 0 Å². The summed E-state index contributed by atoms with van der Waals surface area (Å²) in [6.07, 6.45) is 0. The van der Waals surface area contributed by atoms with E-state index in [1.807, 2.05) is 12.1 Å². The van der Waals surface area contributed by atoms with Crippen molar-refractivity contribution >= 4 is 64.6 Å². The van der Waals surface area contributed by atoms with E-state index in [4.69, 9.17) is 0 Å². The van der Waals surface area contributed by atoms with Crippen LogP contribution in [0, 0.1) is 13.8 Å². The van der Waals surface area contributed by atoms with Gasteiger partial charge in [0.05, 0.1) is 0 Å². The largest absolute Gasteiger partial charge is 0.0622 e. The molecule has 0 radical (unpaired) electrons. The van der Waals surface area contributed by atoms with E-state index >= 15 is 0 Å². The third-order valence-corrected chi connectivity index (χ3v) is 18.4. The molecule has 0 nitrogen and oxygen atoms in total. The van der Waals surface area contributed by atoms with Gasteiger partial charge in [-0.15, -0.1) is 0 Å². The maximum absolute atomic E-state index is 2.29. The predicted molar refractivity (Wildman–Crippen MR) is 429 cm³/mol. The Bertz CT molecular complexity index is 4510. The molecule has 0 heterocycles. The summed E-state index contributed by atoms with van der Waals surface area (Å²) in [6, 6.07) is 100. The molecule has 0 bridgehead atoms. The Balaban J connectivity index is 0.000000145. The maximum atomic E-state index is 2.29. The van der Waals surface area contributed by atoms with Gasteiger partial charge in [0.15, 0.2) is 0 Å². The highest BCUT2D eigenvalue weighted by atomic mass is 14.2. The molecule has 96 heavy (non-hydrogen) atoms. The van der Waals surface area contributed by atoms with Crippen molar-refractivity contribution in [3.8, 4) is 11.1 Å². The summed E-state index contributed by atoms with van der Waals surface area (Å²) >= 11 is 0. The number of fused-ring (bicyclic) bond motifs is 3. The van der Waals surface area contributed by atoms with Gasteiger partial charge in [0, 0.05) is 0 Å². The van der Waals surface area contributed by atoms with Crippen molar-refractivity contribution in [1.29, 1.82) is 0 Å². The first kappa shape index (κ1) is 72.7. The van der Waals surface area contributed by atoms with Crippen LogP contribution in [-0.4, -0.2) is 0 Å². The standard InChI is InChI=1S/C19H16.C17H16.C15H16.C13H14.C12H18.C11H16.C9H12/c1-12(2)16-10-8-15-7-6-13-4-3-5-14-9-11-17(16)19(15)18(13)14;1-12(2)17-15-9-5-3-7-13(15)11-14-8-4-6-10-16(14)17;1-12(2)13-8-10-15(11-9-13)14-6-4-3-5-7-14;1-10(2)12-9-5-7-11-6-3-4-8-13(11)12;1-9(2)11-5-7-12(8-6-11)10(3)4;1-8(2)11-6-9(3)5-10(4)7-11;1-8(2)9-6-4-3-5-7-9/h3-12H,1-2H3;3-12H,1-2H3;3-12H,1-2H3;3-10H,1-2H3;5-10H,1-4H3;5-8H,1-4H3;3-8H,1-2H3. The van der Waals surface area contributed by atoms with Gasteiger partial charge in [0.2, 0.25) is 0 Å². The highest BCUT2D eigenvalue weighted by molar-refractivity contribution is 6.23. The van der Waals surface area contributed by atoms with E-state index in [2.05, 4.69) is 392 Å². The fraction of sp³-hybridized carbons (Fsp3) is 0.271. The summed E-state index contributed by atoms with van der Waals surface area (Å²) < 4.78 is 0. The minimum absolute atomic E-state index is 0.547. The Labute approximate surface area is 578 Å². The zero-order valence-electron chi connectivity index (χ0n) is 61.2. The lowest BCUT2D eigenvalue weighted by Crippen LogP contribution is -1.92. The Morgan fingerprint density at radius 1 is 0.188 bits per heavy atom. The third-order valence-electron chi connectivity index (χ3n) is 18.4. The minimum atomic E-state index is 0.547. The molecule has 14 rings (SSSR count). The van der Waals surface area contributed by atoms with Crippen LogP contribution < -0.4 is 0 Å². The molecule has 0 atom stereocenters. The summed E-state index contributed by atoms with van der Waals surface area (Å²) in [5, 5.41) is 16.5. The van der Waals surface area contributed by atoms with Crippen LogP contribution in [0.1, 0.15) is 214 Å². The summed E-state index contributed by atoms with van der Waals surface area (Å²) in [7, 11) is 0. The topological polar surface area (TPSA) is 0 Å². The Hall–Kier alpha value is -9.10. The van der Waals surface area contributed by atoms with Crippen molar-refractivity contribution in [2.45, 2.75) is 172 Å². The Kier molecular flexibility index (Phi) is 26.6. The molecule has 0 aliphatic carbocycles. The molecule has 0 amide bonds. The van der Waals surface area contributed by atoms with Crippen LogP contribution in [0.4, 0.5) is 0 Å². The highest BCUT2D eigenvalue weighted by Gasteiger charge is 2.14. The predicted octanol–water partition coefficient (Wildman–Crippen LogP) is 29.4. The van der Waals surface area contributed by atoms with Crippen LogP contribution in [-0.2, 0) is 0 Å². The second-order valence-corrected chi connectivity index (χ2v) is 28.5. The van der Waals surface area contributed by atoms with Crippen molar-refractivity contribution in [2.75, 3.05) is 0 Å². The Morgan fingerprint density at radius 3 is 0.990 bits per heavy atom. The van der Waals surface area contributed by atoms with E-state index in [1.54, 1.807) is 0 Å². The second-order valence-electron chi connectivity index (χ2n) is 28.5. The number of benzene rings is 14. The smallest absolute Gasteiger partial charge is 0.00239 e. The molecule has 0 saturated heterocycles. The first-order valence-electron chi connectivity index (χ1n) is 35.5. The van der Waals surface area contributed by atoms with Gasteiger partial charge in [0.1, 0.15) is 0 Å². The fourth-order valence-corrected chi connectivity index (χ4v) is 12.8. The lowest BCUT2D eigenvalue weighted by atomic mass is 9.89. The van der Waals surface area contributed by atoms with Gasteiger partial charge in [-0.2, -0.15) is 0 Å². The average molecular weight is 1260 g/mol. The second kappa shape index (κ2) is 35.1. The van der Waals surface area contributed by atoms with Gasteiger partial charge in [-0.1, -0.05) is 395 Å². The zero-order valence-corrected chi connectivity index (χ0v) is 61.2. The molecule has 0 aliphatic heterocycles. The van der Waals surface area contributed by atoms with E-state index < -0.39 is 0 Å². The summed E-state index contributed by atoms with van der Waals surface area (Å²) in [6.45, 7) is 40.1. The highest BCUT2D eigenvalue weighted by Crippen LogP contribution is 2.38. The van der Waals surface area contributed by atoms with Crippen LogP contribution in [0.15, 0.2) is 279 Å². The molecule has 0 fully saturated rings. The van der Waals surface area contributed by atoms with Crippen LogP contribution in [0.3, 0.4) is 0 Å². The molecule has 0 N–H and O–H groups in total. The van der Waals surface area contributed by atoms with E-state index in [-0.39, 0.29) is 0 Å². The average Bonchev–Trinajstić information content (AvgIpc) is 0.744. The number of hydrogen-bond acceptors (Lipinski definition) is 0. The van der Waals surface area contributed by atoms with Crippen LogP contribution in [0.2, 0.25) is 0 Å². The maximum Gasteiger partial charge on any atom is -0.00239 e.